The minimum absolute atomic E-state index is 0.312. The van der Waals surface area contributed by atoms with Crippen molar-refractivity contribution in [3.8, 4) is 0 Å². The van der Waals surface area contributed by atoms with Crippen LogP contribution in [0.25, 0.3) is 0 Å². The summed E-state index contributed by atoms with van der Waals surface area (Å²) in [6, 6.07) is 0. The van der Waals surface area contributed by atoms with Gasteiger partial charge in [0, 0.05) is 7.11 Å². The molecule has 1 aliphatic rings. The molecule has 17 heavy (non-hydrogen) atoms. The highest BCUT2D eigenvalue weighted by atomic mass is 16.5. The molecular weight excluding hydrogens is 222 g/mol. The molecular formula is C11H19N3O3. The summed E-state index contributed by atoms with van der Waals surface area (Å²) in [5.74, 6) is 1.09. The van der Waals surface area contributed by atoms with Gasteiger partial charge >= 0.3 is 0 Å². The third kappa shape index (κ3) is 3.02. The normalized spacial score (nSPS) is 18.7. The van der Waals surface area contributed by atoms with Gasteiger partial charge in [0.05, 0.1) is 18.8 Å². The molecule has 0 bridgehead atoms. The van der Waals surface area contributed by atoms with E-state index in [1.807, 2.05) is 0 Å². The van der Waals surface area contributed by atoms with Crippen molar-refractivity contribution >= 4 is 0 Å². The summed E-state index contributed by atoms with van der Waals surface area (Å²) in [5, 5.41) is 3.95. The molecule has 2 N–H and O–H groups in total. The predicted molar refractivity (Wildman–Crippen MR) is 60.2 cm³/mol. The summed E-state index contributed by atoms with van der Waals surface area (Å²) in [6.07, 6.45) is 4.11. The van der Waals surface area contributed by atoms with Gasteiger partial charge in [-0.15, -0.1) is 0 Å². The molecule has 6 nitrogen and oxygen atoms in total. The Labute approximate surface area is 100 Å². The molecule has 1 saturated carbocycles. The highest BCUT2D eigenvalue weighted by Gasteiger charge is 2.35. The molecule has 6 heteroatoms. The maximum absolute atomic E-state index is 6.22. The number of hydrogen-bond acceptors (Lipinski definition) is 6. The Bertz CT molecular complexity index is 347. The second-order valence-corrected chi connectivity index (χ2v) is 4.42. The lowest BCUT2D eigenvalue weighted by molar-refractivity contribution is 0.0494. The van der Waals surface area contributed by atoms with Crippen molar-refractivity contribution < 1.29 is 14.0 Å². The fourth-order valence-electron chi connectivity index (χ4n) is 2.05. The molecule has 0 unspecified atom stereocenters. The third-order valence-electron chi connectivity index (χ3n) is 3.07. The van der Waals surface area contributed by atoms with Gasteiger partial charge in [-0.1, -0.05) is 18.0 Å². The Morgan fingerprint density at radius 1 is 1.35 bits per heavy atom. The van der Waals surface area contributed by atoms with E-state index in [-0.39, 0.29) is 0 Å². The molecule has 0 spiro atoms. The van der Waals surface area contributed by atoms with Crippen LogP contribution >= 0.6 is 0 Å². The number of methoxy groups -OCH3 is 1. The van der Waals surface area contributed by atoms with E-state index in [1.165, 1.54) is 0 Å². The quantitative estimate of drug-likeness (QED) is 0.747. The van der Waals surface area contributed by atoms with Crippen molar-refractivity contribution in [3.05, 3.63) is 11.7 Å². The Balaban J connectivity index is 1.87. The van der Waals surface area contributed by atoms with Crippen LogP contribution in [-0.4, -0.2) is 30.5 Å². The zero-order valence-electron chi connectivity index (χ0n) is 10.1. The van der Waals surface area contributed by atoms with Gasteiger partial charge in [-0.2, -0.15) is 4.98 Å². The van der Waals surface area contributed by atoms with E-state index in [1.54, 1.807) is 7.11 Å². The summed E-state index contributed by atoms with van der Waals surface area (Å²) in [5.41, 5.74) is 5.83. The van der Waals surface area contributed by atoms with Crippen LogP contribution in [0.5, 0.6) is 0 Å². The van der Waals surface area contributed by atoms with E-state index in [2.05, 4.69) is 10.1 Å². The van der Waals surface area contributed by atoms with E-state index < -0.39 is 5.54 Å². The number of nitrogens with zero attached hydrogens (tertiary/aromatic N) is 2. The zero-order valence-corrected chi connectivity index (χ0v) is 10.1. The summed E-state index contributed by atoms with van der Waals surface area (Å²) in [4.78, 5) is 4.29. The third-order valence-corrected chi connectivity index (χ3v) is 3.07. The van der Waals surface area contributed by atoms with E-state index in [9.17, 15) is 0 Å². The van der Waals surface area contributed by atoms with Crippen molar-refractivity contribution in [1.29, 1.82) is 0 Å². The summed E-state index contributed by atoms with van der Waals surface area (Å²) in [7, 11) is 1.63. The lowest BCUT2D eigenvalue weighted by atomic mass is 9.99. The molecule has 0 saturated heterocycles. The Hall–Kier alpha value is -0.980. The largest absolute Gasteiger partial charge is 0.382 e. The Kier molecular flexibility index (Phi) is 4.09. The van der Waals surface area contributed by atoms with E-state index >= 15 is 0 Å². The first-order valence-corrected chi connectivity index (χ1v) is 5.93. The van der Waals surface area contributed by atoms with E-state index in [0.717, 1.165) is 25.7 Å². The van der Waals surface area contributed by atoms with Crippen LogP contribution in [0, 0.1) is 0 Å². The molecule has 0 radical (unpaired) electrons. The van der Waals surface area contributed by atoms with Gasteiger partial charge in [-0.3, -0.25) is 0 Å². The first kappa shape index (κ1) is 12.5. The minimum atomic E-state index is -0.395. The van der Waals surface area contributed by atoms with Crippen molar-refractivity contribution in [1.82, 2.24) is 10.1 Å². The highest BCUT2D eigenvalue weighted by molar-refractivity contribution is 5.06. The van der Waals surface area contributed by atoms with Crippen LogP contribution in [0.1, 0.15) is 37.4 Å². The fraction of sp³-hybridized carbons (Fsp3) is 0.818. The SMILES string of the molecule is COCCOCc1nc(C2(N)CCCC2)no1. The number of hydrogen-bond donors (Lipinski definition) is 1. The molecule has 0 aliphatic heterocycles. The molecule has 0 aromatic carbocycles. The van der Waals surface area contributed by atoms with Gasteiger partial charge in [-0.25, -0.2) is 0 Å². The maximum Gasteiger partial charge on any atom is 0.252 e. The van der Waals surface area contributed by atoms with Crippen LogP contribution in [0.4, 0.5) is 0 Å². The summed E-state index contributed by atoms with van der Waals surface area (Å²) >= 11 is 0. The molecule has 0 amide bonds. The van der Waals surface area contributed by atoms with Crippen LogP contribution in [-0.2, 0) is 21.6 Å². The summed E-state index contributed by atoms with van der Waals surface area (Å²) < 4.78 is 15.3. The lowest BCUT2D eigenvalue weighted by Crippen LogP contribution is -2.34. The van der Waals surface area contributed by atoms with Gasteiger partial charge in [0.2, 0.25) is 0 Å². The number of nitrogens with two attached hydrogens (primary N) is 1. The average Bonchev–Trinajstić information content (AvgIpc) is 2.94. The maximum atomic E-state index is 6.22. The van der Waals surface area contributed by atoms with Crippen LogP contribution in [0.2, 0.25) is 0 Å². The monoisotopic (exact) mass is 241 g/mol. The molecule has 1 aromatic heterocycles. The van der Waals surface area contributed by atoms with Crippen molar-refractivity contribution in [3.63, 3.8) is 0 Å². The van der Waals surface area contributed by atoms with Crippen molar-refractivity contribution in [2.24, 2.45) is 5.73 Å². The van der Waals surface area contributed by atoms with E-state index in [4.69, 9.17) is 19.7 Å². The minimum Gasteiger partial charge on any atom is -0.382 e. The molecule has 1 aromatic rings. The van der Waals surface area contributed by atoms with Gasteiger partial charge in [0.1, 0.15) is 6.61 Å². The topological polar surface area (TPSA) is 83.4 Å². The zero-order chi connectivity index (χ0) is 12.1. The highest BCUT2D eigenvalue weighted by Crippen LogP contribution is 2.34. The van der Waals surface area contributed by atoms with Crippen molar-refractivity contribution in [2.45, 2.75) is 37.8 Å². The average molecular weight is 241 g/mol. The second-order valence-electron chi connectivity index (χ2n) is 4.42. The standard InChI is InChI=1S/C11H19N3O3/c1-15-6-7-16-8-9-13-10(14-17-9)11(12)4-2-3-5-11/h2-8,12H2,1H3. The molecule has 1 heterocycles. The first-order valence-electron chi connectivity index (χ1n) is 5.93. The lowest BCUT2D eigenvalue weighted by Gasteiger charge is -2.17. The molecule has 1 fully saturated rings. The number of ether oxygens (including phenoxy) is 2. The van der Waals surface area contributed by atoms with Gasteiger partial charge < -0.3 is 19.7 Å². The number of aromatic nitrogens is 2. The molecule has 2 rings (SSSR count). The molecule has 0 atom stereocenters. The molecule has 1 aliphatic carbocycles. The molecule has 96 valence electrons. The van der Waals surface area contributed by atoms with Crippen LogP contribution in [0.3, 0.4) is 0 Å². The fourth-order valence-corrected chi connectivity index (χ4v) is 2.05. The van der Waals surface area contributed by atoms with Crippen molar-refractivity contribution in [2.75, 3.05) is 20.3 Å². The smallest absolute Gasteiger partial charge is 0.252 e. The van der Waals surface area contributed by atoms with Gasteiger partial charge in [-0.05, 0) is 12.8 Å². The van der Waals surface area contributed by atoms with E-state index in [0.29, 0.717) is 31.5 Å². The van der Waals surface area contributed by atoms with Crippen LogP contribution in [0.15, 0.2) is 4.52 Å². The summed E-state index contributed by atoms with van der Waals surface area (Å²) in [6.45, 7) is 1.39. The van der Waals surface area contributed by atoms with Gasteiger partial charge in [0.15, 0.2) is 5.82 Å². The number of rotatable bonds is 6. The van der Waals surface area contributed by atoms with Crippen LogP contribution < -0.4 is 5.73 Å². The predicted octanol–water partition coefficient (Wildman–Crippen LogP) is 0.961. The Morgan fingerprint density at radius 2 is 2.12 bits per heavy atom. The second kappa shape index (κ2) is 5.57. The van der Waals surface area contributed by atoms with Gasteiger partial charge in [0.25, 0.3) is 5.89 Å². The Morgan fingerprint density at radius 3 is 2.82 bits per heavy atom. The first-order chi connectivity index (χ1) is 8.24.